The van der Waals surface area contributed by atoms with Crippen LogP contribution >= 0.6 is 11.8 Å². The zero-order valence-electron chi connectivity index (χ0n) is 18.7. The number of hydrogen-bond donors (Lipinski definition) is 0. The van der Waals surface area contributed by atoms with Crippen molar-refractivity contribution in [2.45, 2.75) is 23.9 Å². The molecule has 3 aromatic carbocycles. The molecule has 0 fully saturated rings. The Labute approximate surface area is 201 Å². The summed E-state index contributed by atoms with van der Waals surface area (Å²) in [5.74, 6) is 3.19. The maximum absolute atomic E-state index is 5.86. The molecule has 0 aliphatic heterocycles. The van der Waals surface area contributed by atoms with Gasteiger partial charge in [-0.1, -0.05) is 60.3 Å². The summed E-state index contributed by atoms with van der Waals surface area (Å²) < 4.78 is 13.3. The summed E-state index contributed by atoms with van der Waals surface area (Å²) in [5, 5.41) is 18.2. The molecular weight excluding hydrogens is 446 g/mol. The number of benzene rings is 3. The lowest BCUT2D eigenvalue weighted by Gasteiger charge is -2.10. The van der Waals surface area contributed by atoms with Gasteiger partial charge >= 0.3 is 0 Å². The molecule has 2 heterocycles. The number of methoxy groups -OCH3 is 1. The molecule has 0 unspecified atom stereocenters. The first-order valence-electron chi connectivity index (χ1n) is 10.9. The van der Waals surface area contributed by atoms with Crippen LogP contribution < -0.4 is 4.74 Å². The van der Waals surface area contributed by atoms with E-state index in [4.69, 9.17) is 9.15 Å². The Kier molecular flexibility index (Phi) is 6.67. The fourth-order valence-corrected chi connectivity index (χ4v) is 4.37. The number of hydrogen-bond acceptors (Lipinski definition) is 7. The van der Waals surface area contributed by atoms with Gasteiger partial charge in [0.15, 0.2) is 11.0 Å². The molecule has 8 heteroatoms. The quantitative estimate of drug-likeness (QED) is 0.262. The second-order valence-electron chi connectivity index (χ2n) is 7.58. The third-order valence-corrected chi connectivity index (χ3v) is 6.30. The van der Waals surface area contributed by atoms with E-state index in [1.807, 2.05) is 60.7 Å². The Morgan fingerprint density at radius 2 is 1.53 bits per heavy atom. The van der Waals surface area contributed by atoms with Crippen LogP contribution in [0.2, 0.25) is 0 Å². The van der Waals surface area contributed by atoms with E-state index >= 15 is 0 Å². The molecule has 34 heavy (non-hydrogen) atoms. The molecule has 0 saturated heterocycles. The zero-order chi connectivity index (χ0) is 23.2. The summed E-state index contributed by atoms with van der Waals surface area (Å²) in [6, 6.07) is 28.0. The first kappa shape index (κ1) is 21.9. The molecule has 0 atom stereocenters. The molecular formula is C26H23N5O2S. The number of aromatic nitrogens is 5. The van der Waals surface area contributed by atoms with Crippen LogP contribution in [0, 0.1) is 0 Å². The van der Waals surface area contributed by atoms with E-state index < -0.39 is 0 Å². The second-order valence-corrected chi connectivity index (χ2v) is 8.52. The van der Waals surface area contributed by atoms with Gasteiger partial charge in [-0.25, -0.2) is 0 Å². The van der Waals surface area contributed by atoms with Gasteiger partial charge < -0.3 is 13.7 Å². The van der Waals surface area contributed by atoms with Gasteiger partial charge in [0.05, 0.1) is 12.9 Å². The maximum Gasteiger partial charge on any atom is 0.247 e. The smallest absolute Gasteiger partial charge is 0.247 e. The van der Waals surface area contributed by atoms with Gasteiger partial charge in [0.2, 0.25) is 11.8 Å². The minimum atomic E-state index is 0.506. The van der Waals surface area contributed by atoms with Crippen molar-refractivity contribution in [1.29, 1.82) is 0 Å². The van der Waals surface area contributed by atoms with Crippen LogP contribution in [0.25, 0.3) is 22.8 Å². The van der Waals surface area contributed by atoms with Gasteiger partial charge in [-0.2, -0.15) is 0 Å². The Hall–Kier alpha value is -3.91. The molecule has 0 aliphatic rings. The molecule has 0 bridgehead atoms. The van der Waals surface area contributed by atoms with Gasteiger partial charge in [0.1, 0.15) is 5.75 Å². The predicted octanol–water partition coefficient (Wildman–Crippen LogP) is 5.54. The minimum absolute atomic E-state index is 0.506. The minimum Gasteiger partial charge on any atom is -0.497 e. The normalized spacial score (nSPS) is 11.0. The van der Waals surface area contributed by atoms with E-state index in [1.165, 1.54) is 17.3 Å². The molecule has 2 aromatic heterocycles. The molecule has 0 aliphatic carbocycles. The first-order chi connectivity index (χ1) is 16.8. The number of ether oxygens (including phenoxy) is 1. The number of thioether (sulfide) groups is 1. The van der Waals surface area contributed by atoms with E-state index in [-0.39, 0.29) is 0 Å². The van der Waals surface area contributed by atoms with Gasteiger partial charge in [-0.3, -0.25) is 0 Å². The SMILES string of the molecule is COc1ccc(-c2nnc(SCc3nnc(-c4ccccc4)o3)n2CCc2ccccc2)cc1. The molecule has 5 aromatic rings. The predicted molar refractivity (Wildman–Crippen MR) is 131 cm³/mol. The molecule has 7 nitrogen and oxygen atoms in total. The van der Waals surface area contributed by atoms with Crippen molar-refractivity contribution in [1.82, 2.24) is 25.0 Å². The van der Waals surface area contributed by atoms with Crippen LogP contribution in [0.5, 0.6) is 5.75 Å². The van der Waals surface area contributed by atoms with E-state index in [0.717, 1.165) is 40.8 Å². The topological polar surface area (TPSA) is 78.9 Å². The van der Waals surface area contributed by atoms with Crippen molar-refractivity contribution >= 4 is 11.8 Å². The Bertz CT molecular complexity index is 1330. The lowest BCUT2D eigenvalue weighted by molar-refractivity contribution is 0.415. The average Bonchev–Trinajstić information content (AvgIpc) is 3.54. The molecule has 0 amide bonds. The molecule has 0 radical (unpaired) electrons. The average molecular weight is 470 g/mol. The highest BCUT2D eigenvalue weighted by Gasteiger charge is 2.17. The largest absolute Gasteiger partial charge is 0.497 e. The van der Waals surface area contributed by atoms with Gasteiger partial charge in [0.25, 0.3) is 0 Å². The van der Waals surface area contributed by atoms with Gasteiger partial charge in [0, 0.05) is 17.7 Å². The maximum atomic E-state index is 5.86. The second kappa shape index (κ2) is 10.4. The number of rotatable bonds is 9. The summed E-state index contributed by atoms with van der Waals surface area (Å²) >= 11 is 1.54. The van der Waals surface area contributed by atoms with Crippen molar-refractivity contribution in [3.63, 3.8) is 0 Å². The van der Waals surface area contributed by atoms with Crippen LogP contribution in [0.1, 0.15) is 11.5 Å². The highest BCUT2D eigenvalue weighted by Crippen LogP contribution is 2.28. The van der Waals surface area contributed by atoms with E-state index in [0.29, 0.717) is 17.5 Å². The lowest BCUT2D eigenvalue weighted by Crippen LogP contribution is -2.05. The lowest BCUT2D eigenvalue weighted by atomic mass is 10.1. The highest BCUT2D eigenvalue weighted by atomic mass is 32.2. The van der Waals surface area contributed by atoms with Gasteiger partial charge in [-0.05, 0) is 48.4 Å². The van der Waals surface area contributed by atoms with E-state index in [9.17, 15) is 0 Å². The molecule has 0 saturated carbocycles. The van der Waals surface area contributed by atoms with Crippen LogP contribution in [0.3, 0.4) is 0 Å². The van der Waals surface area contributed by atoms with Crippen molar-refractivity contribution in [3.8, 4) is 28.6 Å². The van der Waals surface area contributed by atoms with Crippen LogP contribution in [-0.2, 0) is 18.7 Å². The van der Waals surface area contributed by atoms with Crippen LogP contribution in [0.15, 0.2) is 94.5 Å². The molecule has 0 spiro atoms. The Morgan fingerprint density at radius 3 is 2.26 bits per heavy atom. The fourth-order valence-electron chi connectivity index (χ4n) is 3.57. The summed E-state index contributed by atoms with van der Waals surface area (Å²) in [6.45, 7) is 0.750. The highest BCUT2D eigenvalue weighted by molar-refractivity contribution is 7.98. The van der Waals surface area contributed by atoms with Crippen molar-refractivity contribution in [3.05, 3.63) is 96.4 Å². The number of nitrogens with zero attached hydrogens (tertiary/aromatic N) is 5. The molecule has 0 N–H and O–H groups in total. The summed E-state index contributed by atoms with van der Waals surface area (Å²) in [6.07, 6.45) is 0.869. The first-order valence-corrected chi connectivity index (χ1v) is 11.9. The summed E-state index contributed by atoms with van der Waals surface area (Å²) in [7, 11) is 1.66. The van der Waals surface area contributed by atoms with Crippen molar-refractivity contribution in [2.24, 2.45) is 0 Å². The van der Waals surface area contributed by atoms with Crippen LogP contribution in [-0.4, -0.2) is 32.1 Å². The Morgan fingerprint density at radius 1 is 0.794 bits per heavy atom. The van der Waals surface area contributed by atoms with E-state index in [2.05, 4.69) is 49.2 Å². The monoisotopic (exact) mass is 469 g/mol. The zero-order valence-corrected chi connectivity index (χ0v) is 19.5. The Balaban J connectivity index is 1.37. The van der Waals surface area contributed by atoms with E-state index in [1.54, 1.807) is 7.11 Å². The summed E-state index contributed by atoms with van der Waals surface area (Å²) in [5.41, 5.74) is 3.15. The number of aryl methyl sites for hydroxylation is 1. The summed E-state index contributed by atoms with van der Waals surface area (Å²) in [4.78, 5) is 0. The fraction of sp³-hybridized carbons (Fsp3) is 0.154. The van der Waals surface area contributed by atoms with Crippen LogP contribution in [0.4, 0.5) is 0 Å². The standard InChI is InChI=1S/C26H23N5O2S/c1-32-22-14-12-20(13-15-22)24-28-30-26(31(24)17-16-19-8-4-2-5-9-19)34-18-23-27-29-25(33-23)21-10-6-3-7-11-21/h2-15H,16-18H2,1H3. The molecule has 170 valence electrons. The van der Waals surface area contributed by atoms with Gasteiger partial charge in [-0.15, -0.1) is 20.4 Å². The third kappa shape index (κ3) is 5.02. The van der Waals surface area contributed by atoms with Crippen molar-refractivity contribution in [2.75, 3.05) is 7.11 Å². The third-order valence-electron chi connectivity index (χ3n) is 5.34. The molecule has 5 rings (SSSR count). The van der Waals surface area contributed by atoms with Crippen molar-refractivity contribution < 1.29 is 9.15 Å².